The summed E-state index contributed by atoms with van der Waals surface area (Å²) in [5.41, 5.74) is 0. The van der Waals surface area contributed by atoms with Gasteiger partial charge in [0.2, 0.25) is 0 Å². The number of hydrogen-bond acceptors (Lipinski definition) is 5. The fraction of sp³-hybridized carbons (Fsp3) is 0.621. The molecule has 188 valence electrons. The molecule has 0 amide bonds. The summed E-state index contributed by atoms with van der Waals surface area (Å²) < 4.78 is 0. The molecule has 0 atom stereocenters. The summed E-state index contributed by atoms with van der Waals surface area (Å²) in [6, 6.07) is 9.19. The van der Waals surface area contributed by atoms with Gasteiger partial charge in [-0.1, -0.05) is 77.6 Å². The van der Waals surface area contributed by atoms with Crippen LogP contribution in [0, 0.1) is 0 Å². The van der Waals surface area contributed by atoms with Crippen LogP contribution in [0.2, 0.25) is 0 Å². The zero-order valence-corrected chi connectivity index (χ0v) is 23.5. The van der Waals surface area contributed by atoms with Crippen LogP contribution in [-0.4, -0.2) is 16.7 Å². The Hall–Kier alpha value is -1.01. The molecule has 0 unspecified atom stereocenters. The number of aliphatic hydroxyl groups excluding tert-OH is 1. The second-order valence-corrected chi connectivity index (χ2v) is 12.7. The number of thiazole rings is 1. The lowest BCUT2D eigenvalue weighted by atomic mass is 10.1. The Labute approximate surface area is 219 Å². The average Bonchev–Trinajstić information content (AvgIpc) is 3.61. The van der Waals surface area contributed by atoms with E-state index in [1.807, 2.05) is 34.0 Å². The van der Waals surface area contributed by atoms with Crippen molar-refractivity contribution in [1.29, 1.82) is 0 Å². The van der Waals surface area contributed by atoms with Crippen LogP contribution in [0.3, 0.4) is 0 Å². The monoisotopic (exact) mass is 517 g/mol. The van der Waals surface area contributed by atoms with Gasteiger partial charge in [-0.15, -0.1) is 34.0 Å². The van der Waals surface area contributed by atoms with E-state index in [2.05, 4.69) is 37.4 Å². The summed E-state index contributed by atoms with van der Waals surface area (Å²) in [5.74, 6) is 0. The molecular weight excluding hydrogens is 475 g/mol. The van der Waals surface area contributed by atoms with Crippen molar-refractivity contribution in [2.75, 3.05) is 6.61 Å². The minimum Gasteiger partial charge on any atom is -0.396 e. The molecule has 5 heteroatoms. The van der Waals surface area contributed by atoms with Crippen LogP contribution in [-0.2, 0) is 12.8 Å². The predicted molar refractivity (Wildman–Crippen MR) is 154 cm³/mol. The Morgan fingerprint density at radius 1 is 0.588 bits per heavy atom. The summed E-state index contributed by atoms with van der Waals surface area (Å²) in [4.78, 5) is 11.8. The van der Waals surface area contributed by atoms with Gasteiger partial charge < -0.3 is 5.11 Å². The van der Waals surface area contributed by atoms with E-state index in [4.69, 9.17) is 10.1 Å². The highest BCUT2D eigenvalue weighted by Crippen LogP contribution is 2.38. The first-order valence-electron chi connectivity index (χ1n) is 13.5. The number of aliphatic hydroxyl groups is 1. The van der Waals surface area contributed by atoms with Crippen molar-refractivity contribution in [3.63, 3.8) is 0 Å². The molecular formula is C29H43NOS3. The van der Waals surface area contributed by atoms with E-state index < -0.39 is 0 Å². The normalized spacial score (nSPS) is 11.5. The third kappa shape index (κ3) is 9.93. The van der Waals surface area contributed by atoms with Crippen molar-refractivity contribution in [2.45, 2.75) is 110 Å². The van der Waals surface area contributed by atoms with Crippen LogP contribution < -0.4 is 0 Å². The standard InChI is InChI=1S/C29H43NOS3/c1-2-3-4-5-10-13-17-25-19-21-27(33-25)29-30-23-28(34-29)26-20-18-24(32-26)16-14-11-8-6-7-9-12-15-22-31/h18-21,23,31H,2-17,22H2,1H3. The maximum Gasteiger partial charge on any atom is 0.133 e. The Morgan fingerprint density at radius 2 is 1.12 bits per heavy atom. The fourth-order valence-electron chi connectivity index (χ4n) is 4.33. The molecule has 3 heterocycles. The lowest BCUT2D eigenvalue weighted by Gasteiger charge is -2.01. The maximum atomic E-state index is 8.83. The summed E-state index contributed by atoms with van der Waals surface area (Å²) in [6.45, 7) is 2.63. The molecule has 2 nitrogen and oxygen atoms in total. The minimum absolute atomic E-state index is 0.347. The fourth-order valence-corrected chi connectivity index (χ4v) is 7.48. The Morgan fingerprint density at radius 3 is 1.74 bits per heavy atom. The molecule has 0 aromatic carbocycles. The number of hydrogen-bond donors (Lipinski definition) is 1. The van der Waals surface area contributed by atoms with Crippen LogP contribution in [0.4, 0.5) is 0 Å². The average molecular weight is 518 g/mol. The van der Waals surface area contributed by atoms with Crippen molar-refractivity contribution in [3.05, 3.63) is 40.2 Å². The molecule has 0 spiro atoms. The van der Waals surface area contributed by atoms with E-state index in [0.717, 1.165) is 6.42 Å². The van der Waals surface area contributed by atoms with Crippen LogP contribution in [0.5, 0.6) is 0 Å². The summed E-state index contributed by atoms with van der Waals surface area (Å²) in [5, 5.41) is 10.00. The first-order valence-corrected chi connectivity index (χ1v) is 16.0. The van der Waals surface area contributed by atoms with Crippen LogP contribution in [0.15, 0.2) is 30.5 Å². The van der Waals surface area contributed by atoms with E-state index in [1.54, 1.807) is 0 Å². The van der Waals surface area contributed by atoms with E-state index in [9.17, 15) is 0 Å². The van der Waals surface area contributed by atoms with Gasteiger partial charge in [0.15, 0.2) is 0 Å². The minimum atomic E-state index is 0.347. The molecule has 1 N–H and O–H groups in total. The number of aryl methyl sites for hydroxylation is 2. The van der Waals surface area contributed by atoms with E-state index in [-0.39, 0.29) is 0 Å². The summed E-state index contributed by atoms with van der Waals surface area (Å²) in [6.07, 6.45) is 22.7. The van der Waals surface area contributed by atoms with Gasteiger partial charge >= 0.3 is 0 Å². The second-order valence-electron chi connectivity index (χ2n) is 9.38. The van der Waals surface area contributed by atoms with Crippen molar-refractivity contribution in [3.8, 4) is 19.6 Å². The van der Waals surface area contributed by atoms with Gasteiger partial charge in [-0.05, 0) is 56.4 Å². The highest BCUT2D eigenvalue weighted by molar-refractivity contribution is 7.26. The number of nitrogens with zero attached hydrogens (tertiary/aromatic N) is 1. The van der Waals surface area contributed by atoms with E-state index in [0.29, 0.717) is 6.61 Å². The molecule has 0 saturated carbocycles. The van der Waals surface area contributed by atoms with Crippen molar-refractivity contribution in [2.24, 2.45) is 0 Å². The smallest absolute Gasteiger partial charge is 0.133 e. The number of aromatic nitrogens is 1. The molecule has 3 rings (SSSR count). The zero-order valence-electron chi connectivity index (χ0n) is 21.0. The van der Waals surface area contributed by atoms with Gasteiger partial charge in [-0.3, -0.25) is 0 Å². The van der Waals surface area contributed by atoms with Gasteiger partial charge in [0, 0.05) is 27.4 Å². The molecule has 3 aromatic heterocycles. The molecule has 3 aromatic rings. The topological polar surface area (TPSA) is 33.1 Å². The first kappa shape index (κ1) is 27.6. The van der Waals surface area contributed by atoms with Gasteiger partial charge in [0.05, 0.1) is 9.75 Å². The number of rotatable bonds is 19. The first-order chi connectivity index (χ1) is 16.8. The molecule has 0 radical (unpaired) electrons. The molecule has 0 fully saturated rings. The lowest BCUT2D eigenvalue weighted by molar-refractivity contribution is 0.282. The molecule has 0 saturated heterocycles. The molecule has 34 heavy (non-hydrogen) atoms. The highest BCUT2D eigenvalue weighted by atomic mass is 32.1. The summed E-state index contributed by atoms with van der Waals surface area (Å²) in [7, 11) is 0. The highest BCUT2D eigenvalue weighted by Gasteiger charge is 2.11. The third-order valence-corrected chi connectivity index (χ3v) is 10.0. The van der Waals surface area contributed by atoms with E-state index >= 15 is 0 Å². The zero-order chi connectivity index (χ0) is 23.8. The van der Waals surface area contributed by atoms with Gasteiger partial charge in [0.1, 0.15) is 5.01 Å². The van der Waals surface area contributed by atoms with Gasteiger partial charge in [0.25, 0.3) is 0 Å². The van der Waals surface area contributed by atoms with Gasteiger partial charge in [-0.25, -0.2) is 4.98 Å². The maximum absolute atomic E-state index is 8.83. The Kier molecular flexibility index (Phi) is 13.5. The second kappa shape index (κ2) is 16.6. The molecule has 0 aliphatic rings. The Balaban J connectivity index is 1.37. The van der Waals surface area contributed by atoms with Crippen molar-refractivity contribution >= 4 is 34.0 Å². The summed E-state index contributed by atoms with van der Waals surface area (Å²) >= 11 is 5.72. The largest absolute Gasteiger partial charge is 0.396 e. The third-order valence-electron chi connectivity index (χ3n) is 6.39. The molecule has 0 aliphatic heterocycles. The van der Waals surface area contributed by atoms with Crippen LogP contribution in [0.25, 0.3) is 19.6 Å². The molecule has 0 aliphatic carbocycles. The number of unbranched alkanes of at least 4 members (excludes halogenated alkanes) is 12. The van der Waals surface area contributed by atoms with Crippen molar-refractivity contribution < 1.29 is 5.11 Å². The van der Waals surface area contributed by atoms with Crippen molar-refractivity contribution in [1.82, 2.24) is 4.98 Å². The van der Waals surface area contributed by atoms with Crippen LogP contribution >= 0.6 is 34.0 Å². The quantitative estimate of drug-likeness (QED) is 0.160. The SMILES string of the molecule is CCCCCCCCc1ccc(-c2ncc(-c3ccc(CCCCCCCCCCO)s3)s2)s1. The number of thiophene rings is 2. The predicted octanol–water partition coefficient (Wildman–Crippen LogP) is 10.2. The Bertz CT molecular complexity index is 910. The van der Waals surface area contributed by atoms with E-state index in [1.165, 1.54) is 126 Å². The van der Waals surface area contributed by atoms with Crippen LogP contribution in [0.1, 0.15) is 107 Å². The molecule has 0 bridgehead atoms. The van der Waals surface area contributed by atoms with Gasteiger partial charge in [-0.2, -0.15) is 0 Å². The lowest BCUT2D eigenvalue weighted by Crippen LogP contribution is -1.85.